The van der Waals surface area contributed by atoms with Gasteiger partial charge in [0.25, 0.3) is 0 Å². The Morgan fingerprint density at radius 1 is 1.09 bits per heavy atom. The summed E-state index contributed by atoms with van der Waals surface area (Å²) in [6.07, 6.45) is 1.04. The molecule has 2 aromatic rings. The number of nitrogens with one attached hydrogen (secondary N) is 1. The van der Waals surface area contributed by atoms with Crippen LogP contribution in [-0.2, 0) is 16.0 Å². The molecule has 0 fully saturated rings. The molecule has 2 amide bonds. The second-order valence-electron chi connectivity index (χ2n) is 8.46. The number of halogens is 1. The normalized spacial score (nSPS) is 16.1. The highest BCUT2D eigenvalue weighted by atomic mass is 19.1. The van der Waals surface area contributed by atoms with Crippen LogP contribution < -0.4 is 14.8 Å². The second-order valence-corrected chi connectivity index (χ2v) is 8.46. The number of amides is 2. The molecule has 2 aromatic carbocycles. The van der Waals surface area contributed by atoms with E-state index in [-0.39, 0.29) is 17.8 Å². The van der Waals surface area contributed by atoms with Crippen molar-refractivity contribution in [2.45, 2.75) is 38.8 Å². The standard InChI is InChI=1S/C25H31FN2O5/c1-15(2)12-20(24(29)33-5)27-25(30)28-11-10-17-13-21(31-3)22(32-4)14-19(17)23(28)16-6-8-18(26)9-7-16/h6-9,13-15,20,23H,10-12H2,1-5H3,(H,27,30)/t20-,23?/m1/s1. The van der Waals surface area contributed by atoms with Gasteiger partial charge < -0.3 is 24.4 Å². The van der Waals surface area contributed by atoms with E-state index in [4.69, 9.17) is 14.2 Å². The van der Waals surface area contributed by atoms with Crippen molar-refractivity contribution in [1.29, 1.82) is 0 Å². The van der Waals surface area contributed by atoms with Crippen LogP contribution in [0.1, 0.15) is 43.0 Å². The Kier molecular flexibility index (Phi) is 7.79. The molecule has 178 valence electrons. The summed E-state index contributed by atoms with van der Waals surface area (Å²) in [5.41, 5.74) is 2.62. The van der Waals surface area contributed by atoms with Gasteiger partial charge in [-0.15, -0.1) is 0 Å². The van der Waals surface area contributed by atoms with E-state index in [0.717, 1.165) is 16.7 Å². The summed E-state index contributed by atoms with van der Waals surface area (Å²) in [5.74, 6) is 0.480. The minimum Gasteiger partial charge on any atom is -0.493 e. The first kappa shape index (κ1) is 24.4. The summed E-state index contributed by atoms with van der Waals surface area (Å²) in [6.45, 7) is 4.35. The van der Waals surface area contributed by atoms with Crippen LogP contribution in [0, 0.1) is 11.7 Å². The number of methoxy groups -OCH3 is 3. The van der Waals surface area contributed by atoms with Crippen LogP contribution in [-0.4, -0.2) is 50.8 Å². The molecule has 7 nitrogen and oxygen atoms in total. The summed E-state index contributed by atoms with van der Waals surface area (Å²) in [5, 5.41) is 2.84. The van der Waals surface area contributed by atoms with Crippen LogP contribution in [0.3, 0.4) is 0 Å². The van der Waals surface area contributed by atoms with Crippen LogP contribution in [0.5, 0.6) is 11.5 Å². The van der Waals surface area contributed by atoms with Gasteiger partial charge in [-0.2, -0.15) is 0 Å². The number of benzene rings is 2. The Morgan fingerprint density at radius 3 is 2.30 bits per heavy atom. The fraction of sp³-hybridized carbons (Fsp3) is 0.440. The van der Waals surface area contributed by atoms with Crippen LogP contribution in [0.4, 0.5) is 9.18 Å². The van der Waals surface area contributed by atoms with Crippen LogP contribution in [0.25, 0.3) is 0 Å². The summed E-state index contributed by atoms with van der Waals surface area (Å²) in [4.78, 5) is 27.4. The number of hydrogen-bond donors (Lipinski definition) is 1. The monoisotopic (exact) mass is 458 g/mol. The Morgan fingerprint density at radius 2 is 1.73 bits per heavy atom. The molecule has 1 aliphatic heterocycles. The van der Waals surface area contributed by atoms with Crippen molar-refractivity contribution in [3.63, 3.8) is 0 Å². The number of carbonyl (C=O) groups excluding carboxylic acids is 2. The summed E-state index contributed by atoms with van der Waals surface area (Å²) >= 11 is 0. The van der Waals surface area contributed by atoms with Crippen molar-refractivity contribution in [1.82, 2.24) is 10.2 Å². The van der Waals surface area contributed by atoms with Crippen molar-refractivity contribution in [3.8, 4) is 11.5 Å². The number of urea groups is 1. The predicted molar refractivity (Wildman–Crippen MR) is 122 cm³/mol. The zero-order valence-electron chi connectivity index (χ0n) is 19.7. The van der Waals surface area contributed by atoms with Gasteiger partial charge in [0, 0.05) is 6.54 Å². The van der Waals surface area contributed by atoms with Crippen molar-refractivity contribution in [3.05, 3.63) is 58.9 Å². The number of carbonyl (C=O) groups is 2. The molecule has 1 heterocycles. The molecule has 8 heteroatoms. The molecular formula is C25H31FN2O5. The van der Waals surface area contributed by atoms with Gasteiger partial charge in [-0.25, -0.2) is 14.0 Å². The van der Waals surface area contributed by atoms with Crippen LogP contribution >= 0.6 is 0 Å². The SMILES string of the molecule is COC(=O)[C@@H](CC(C)C)NC(=O)N1CCc2cc(OC)c(OC)cc2C1c1ccc(F)cc1. The van der Waals surface area contributed by atoms with Gasteiger partial charge in [0.2, 0.25) is 0 Å². The van der Waals surface area contributed by atoms with E-state index in [9.17, 15) is 14.0 Å². The van der Waals surface area contributed by atoms with Gasteiger partial charge in [0.1, 0.15) is 11.9 Å². The molecule has 0 aromatic heterocycles. The number of ether oxygens (including phenoxy) is 3. The number of hydrogen-bond acceptors (Lipinski definition) is 5. The van der Waals surface area contributed by atoms with E-state index >= 15 is 0 Å². The minimum absolute atomic E-state index is 0.182. The van der Waals surface area contributed by atoms with E-state index in [1.165, 1.54) is 19.2 Å². The molecule has 0 saturated carbocycles. The van der Waals surface area contributed by atoms with Crippen LogP contribution in [0.15, 0.2) is 36.4 Å². The lowest BCUT2D eigenvalue weighted by molar-refractivity contribution is -0.143. The number of esters is 1. The van der Waals surface area contributed by atoms with Crippen LogP contribution in [0.2, 0.25) is 0 Å². The Hall–Kier alpha value is -3.29. The van der Waals surface area contributed by atoms with Crippen molar-refractivity contribution in [2.24, 2.45) is 5.92 Å². The summed E-state index contributed by atoms with van der Waals surface area (Å²) in [6, 6.07) is 8.20. The molecule has 0 aliphatic carbocycles. The van der Waals surface area contributed by atoms with E-state index in [1.54, 1.807) is 31.3 Å². The first-order valence-electron chi connectivity index (χ1n) is 10.9. The molecule has 2 atom stereocenters. The smallest absolute Gasteiger partial charge is 0.328 e. The molecule has 0 radical (unpaired) electrons. The lowest BCUT2D eigenvalue weighted by atomic mass is 9.87. The molecule has 0 spiro atoms. The van der Waals surface area contributed by atoms with E-state index in [2.05, 4.69) is 5.32 Å². The maximum Gasteiger partial charge on any atom is 0.328 e. The maximum atomic E-state index is 13.7. The highest BCUT2D eigenvalue weighted by Crippen LogP contribution is 2.41. The largest absolute Gasteiger partial charge is 0.493 e. The molecule has 33 heavy (non-hydrogen) atoms. The Bertz CT molecular complexity index is 993. The van der Waals surface area contributed by atoms with E-state index in [0.29, 0.717) is 30.9 Å². The predicted octanol–water partition coefficient (Wildman–Crippen LogP) is 4.09. The van der Waals surface area contributed by atoms with Gasteiger partial charge in [0.15, 0.2) is 11.5 Å². The topological polar surface area (TPSA) is 77.1 Å². The van der Waals surface area contributed by atoms with Crippen molar-refractivity contribution < 1.29 is 28.2 Å². The lowest BCUT2D eigenvalue weighted by Gasteiger charge is -2.38. The fourth-order valence-electron chi connectivity index (χ4n) is 4.23. The molecular weight excluding hydrogens is 427 g/mol. The van der Waals surface area contributed by atoms with Gasteiger partial charge in [-0.3, -0.25) is 0 Å². The molecule has 1 aliphatic rings. The highest BCUT2D eigenvalue weighted by molar-refractivity contribution is 5.84. The minimum atomic E-state index is -0.761. The molecule has 0 saturated heterocycles. The van der Waals surface area contributed by atoms with Gasteiger partial charge >= 0.3 is 12.0 Å². The third-order valence-electron chi connectivity index (χ3n) is 5.81. The summed E-state index contributed by atoms with van der Waals surface area (Å²) < 4.78 is 29.5. The first-order valence-corrected chi connectivity index (χ1v) is 10.9. The zero-order valence-corrected chi connectivity index (χ0v) is 19.7. The highest BCUT2D eigenvalue weighted by Gasteiger charge is 2.35. The number of nitrogens with zero attached hydrogens (tertiary/aromatic N) is 1. The average Bonchev–Trinajstić information content (AvgIpc) is 2.81. The first-order chi connectivity index (χ1) is 15.8. The third kappa shape index (κ3) is 5.38. The van der Waals surface area contributed by atoms with Gasteiger partial charge in [-0.1, -0.05) is 26.0 Å². The Balaban J connectivity index is 2.02. The van der Waals surface area contributed by atoms with Crippen molar-refractivity contribution in [2.75, 3.05) is 27.9 Å². The zero-order chi connectivity index (χ0) is 24.1. The van der Waals surface area contributed by atoms with E-state index < -0.39 is 18.1 Å². The third-order valence-corrected chi connectivity index (χ3v) is 5.81. The fourth-order valence-corrected chi connectivity index (χ4v) is 4.23. The van der Waals surface area contributed by atoms with Crippen molar-refractivity contribution >= 4 is 12.0 Å². The lowest BCUT2D eigenvalue weighted by Crippen LogP contribution is -2.51. The number of rotatable bonds is 7. The number of fused-ring (bicyclic) bond motifs is 1. The molecule has 1 unspecified atom stereocenters. The summed E-state index contributed by atoms with van der Waals surface area (Å²) in [7, 11) is 4.43. The Labute approximate surface area is 193 Å². The van der Waals surface area contributed by atoms with E-state index in [1.807, 2.05) is 26.0 Å². The van der Waals surface area contributed by atoms with Gasteiger partial charge in [0.05, 0.1) is 27.4 Å². The second kappa shape index (κ2) is 10.6. The quantitative estimate of drug-likeness (QED) is 0.633. The maximum absolute atomic E-state index is 13.7. The van der Waals surface area contributed by atoms with Gasteiger partial charge in [-0.05, 0) is 59.7 Å². The molecule has 0 bridgehead atoms. The molecule has 1 N–H and O–H groups in total. The molecule has 3 rings (SSSR count). The average molecular weight is 459 g/mol.